The van der Waals surface area contributed by atoms with E-state index in [9.17, 15) is 18.0 Å². The molecule has 0 aliphatic rings. The van der Waals surface area contributed by atoms with E-state index in [-0.39, 0.29) is 11.3 Å². The zero-order valence-corrected chi connectivity index (χ0v) is 11.1. The summed E-state index contributed by atoms with van der Waals surface area (Å²) in [7, 11) is 0. The number of anilines is 1. The Hall–Kier alpha value is -2.29. The quantitative estimate of drug-likeness (QED) is 0.860. The molecule has 6 heteroatoms. The van der Waals surface area contributed by atoms with E-state index in [1.54, 1.807) is 6.92 Å². The number of rotatable bonds is 3. The van der Waals surface area contributed by atoms with Crippen molar-refractivity contribution in [2.24, 2.45) is 0 Å². The zero-order chi connectivity index (χ0) is 15.5. The molecule has 0 heterocycles. The van der Waals surface area contributed by atoms with E-state index in [1.807, 2.05) is 0 Å². The van der Waals surface area contributed by atoms with Gasteiger partial charge in [0.05, 0.1) is 17.2 Å². The maximum absolute atomic E-state index is 12.9. The number of hydrogen-bond acceptors (Lipinski definition) is 2. The Kier molecular flexibility index (Phi) is 4.56. The third-order valence-electron chi connectivity index (χ3n) is 2.69. The van der Waals surface area contributed by atoms with E-state index in [0.29, 0.717) is 12.0 Å². The molecule has 1 rings (SSSR count). The van der Waals surface area contributed by atoms with Crippen LogP contribution in [0.5, 0.6) is 0 Å². The lowest BCUT2D eigenvalue weighted by molar-refractivity contribution is -0.137. The molecule has 0 bridgehead atoms. The van der Waals surface area contributed by atoms with E-state index in [4.69, 9.17) is 5.26 Å². The first-order valence-corrected chi connectivity index (χ1v) is 5.81. The average molecular weight is 282 g/mol. The number of halogens is 3. The van der Waals surface area contributed by atoms with Crippen LogP contribution >= 0.6 is 0 Å². The van der Waals surface area contributed by atoms with Gasteiger partial charge >= 0.3 is 6.18 Å². The Bertz CT molecular complexity index is 598. The molecule has 1 amide bonds. The monoisotopic (exact) mass is 282 g/mol. The fraction of sp³-hybridized carbons (Fsp3) is 0.286. The fourth-order valence-electron chi connectivity index (χ4n) is 1.61. The summed E-state index contributed by atoms with van der Waals surface area (Å²) in [5.74, 6) is -0.558. The Labute approximate surface area is 114 Å². The molecule has 20 heavy (non-hydrogen) atoms. The molecular weight excluding hydrogens is 269 g/mol. The summed E-state index contributed by atoms with van der Waals surface area (Å²) in [6.07, 6.45) is -4.27. The van der Waals surface area contributed by atoms with Gasteiger partial charge in [0.25, 0.3) is 5.91 Å². The van der Waals surface area contributed by atoms with Crippen LogP contribution in [0.4, 0.5) is 18.9 Å². The summed E-state index contributed by atoms with van der Waals surface area (Å²) >= 11 is 0. The van der Waals surface area contributed by atoms with Crippen molar-refractivity contribution in [1.82, 2.24) is 0 Å². The maximum atomic E-state index is 12.9. The van der Waals surface area contributed by atoms with Crippen LogP contribution in [0.2, 0.25) is 0 Å². The first-order chi connectivity index (χ1) is 9.20. The van der Waals surface area contributed by atoms with Crippen LogP contribution in [0.1, 0.15) is 30.5 Å². The normalized spacial score (nSPS) is 10.8. The third kappa shape index (κ3) is 3.38. The van der Waals surface area contributed by atoms with Crippen LogP contribution in [0, 0.1) is 11.3 Å². The van der Waals surface area contributed by atoms with E-state index < -0.39 is 23.2 Å². The second-order valence-electron chi connectivity index (χ2n) is 4.25. The lowest BCUT2D eigenvalue weighted by Crippen LogP contribution is -2.16. The number of nitriles is 1. The molecule has 0 aliphatic heterocycles. The van der Waals surface area contributed by atoms with Crippen molar-refractivity contribution in [3.63, 3.8) is 0 Å². The van der Waals surface area contributed by atoms with Crippen molar-refractivity contribution >= 4 is 11.6 Å². The molecule has 1 aromatic carbocycles. The lowest BCUT2D eigenvalue weighted by Gasteiger charge is -2.15. The van der Waals surface area contributed by atoms with Gasteiger partial charge in [-0.05, 0) is 31.0 Å². The van der Waals surface area contributed by atoms with Gasteiger partial charge in [-0.3, -0.25) is 4.79 Å². The largest absolute Gasteiger partial charge is 0.417 e. The average Bonchev–Trinajstić information content (AvgIpc) is 2.36. The number of nitrogens with one attached hydrogen (secondary N) is 1. The van der Waals surface area contributed by atoms with Crippen molar-refractivity contribution in [2.75, 3.05) is 5.32 Å². The number of hydrogen-bond donors (Lipinski definition) is 1. The Morgan fingerprint density at radius 3 is 2.45 bits per heavy atom. The van der Waals surface area contributed by atoms with Gasteiger partial charge in [0.1, 0.15) is 0 Å². The number of aryl methyl sites for hydroxylation is 1. The van der Waals surface area contributed by atoms with E-state index in [1.165, 1.54) is 13.0 Å². The lowest BCUT2D eigenvalue weighted by atomic mass is 10.0. The molecule has 0 saturated heterocycles. The molecule has 0 aliphatic carbocycles. The van der Waals surface area contributed by atoms with Gasteiger partial charge in [0.2, 0.25) is 0 Å². The number of benzene rings is 1. The van der Waals surface area contributed by atoms with Crippen molar-refractivity contribution < 1.29 is 18.0 Å². The number of carbonyl (C=O) groups excluding carboxylic acids is 1. The van der Waals surface area contributed by atoms with E-state index >= 15 is 0 Å². The van der Waals surface area contributed by atoms with E-state index in [0.717, 1.165) is 12.1 Å². The number of carbonyl (C=O) groups is 1. The smallest absolute Gasteiger partial charge is 0.322 e. The van der Waals surface area contributed by atoms with Crippen LogP contribution in [0.25, 0.3) is 0 Å². The number of amides is 1. The first-order valence-electron chi connectivity index (χ1n) is 5.81. The SMILES string of the molecule is C=C(C)C(=O)Nc1cc(C(F)(F)F)c(C#N)cc1CC. The number of alkyl halides is 3. The highest BCUT2D eigenvalue weighted by Gasteiger charge is 2.34. The Balaban J connectivity index is 3.41. The van der Waals surface area contributed by atoms with Crippen LogP contribution in [-0.4, -0.2) is 5.91 Å². The van der Waals surface area contributed by atoms with Crippen molar-refractivity contribution in [2.45, 2.75) is 26.4 Å². The summed E-state index contributed by atoms with van der Waals surface area (Å²) in [6, 6.07) is 3.47. The molecule has 0 atom stereocenters. The second-order valence-corrected chi connectivity index (χ2v) is 4.25. The molecule has 1 N–H and O–H groups in total. The second kappa shape index (κ2) is 5.78. The molecule has 0 unspecified atom stereocenters. The zero-order valence-electron chi connectivity index (χ0n) is 11.1. The molecule has 3 nitrogen and oxygen atoms in total. The van der Waals surface area contributed by atoms with Gasteiger partial charge in [0.15, 0.2) is 0 Å². The minimum atomic E-state index is -4.65. The number of nitrogens with zero attached hydrogens (tertiary/aromatic N) is 1. The van der Waals surface area contributed by atoms with Crippen molar-refractivity contribution in [3.05, 3.63) is 41.0 Å². The van der Waals surface area contributed by atoms with E-state index in [2.05, 4.69) is 11.9 Å². The van der Waals surface area contributed by atoms with Gasteiger partial charge in [-0.15, -0.1) is 0 Å². The van der Waals surface area contributed by atoms with Gasteiger partial charge in [-0.2, -0.15) is 18.4 Å². The third-order valence-corrected chi connectivity index (χ3v) is 2.69. The molecule has 0 radical (unpaired) electrons. The summed E-state index contributed by atoms with van der Waals surface area (Å²) < 4.78 is 38.6. The molecule has 0 aromatic heterocycles. The van der Waals surface area contributed by atoms with Crippen molar-refractivity contribution in [1.29, 1.82) is 5.26 Å². The van der Waals surface area contributed by atoms with Crippen LogP contribution < -0.4 is 5.32 Å². The summed E-state index contributed by atoms with van der Waals surface area (Å²) in [5.41, 5.74) is -0.821. The fourth-order valence-corrected chi connectivity index (χ4v) is 1.61. The van der Waals surface area contributed by atoms with Crippen LogP contribution in [-0.2, 0) is 17.4 Å². The predicted octanol–water partition coefficient (Wildman–Crippen LogP) is 3.65. The van der Waals surface area contributed by atoms with Crippen molar-refractivity contribution in [3.8, 4) is 6.07 Å². The highest BCUT2D eigenvalue weighted by molar-refractivity contribution is 6.03. The van der Waals surface area contributed by atoms with Gasteiger partial charge in [-0.1, -0.05) is 13.5 Å². The van der Waals surface area contributed by atoms with Crippen LogP contribution in [0.3, 0.4) is 0 Å². The summed E-state index contributed by atoms with van der Waals surface area (Å²) in [4.78, 5) is 11.5. The van der Waals surface area contributed by atoms with Gasteiger partial charge < -0.3 is 5.32 Å². The molecule has 1 aromatic rings. The molecule has 106 valence electrons. The Morgan fingerprint density at radius 2 is 2.05 bits per heavy atom. The highest BCUT2D eigenvalue weighted by atomic mass is 19.4. The van der Waals surface area contributed by atoms with Crippen LogP contribution in [0.15, 0.2) is 24.3 Å². The Morgan fingerprint density at radius 1 is 1.45 bits per heavy atom. The molecule has 0 spiro atoms. The summed E-state index contributed by atoms with van der Waals surface area (Å²) in [6.45, 7) is 6.60. The summed E-state index contributed by atoms with van der Waals surface area (Å²) in [5, 5.41) is 11.2. The molecule has 0 fully saturated rings. The minimum absolute atomic E-state index is 0.0480. The predicted molar refractivity (Wildman–Crippen MR) is 69.0 cm³/mol. The standard InChI is InChI=1S/C14H13F3N2O/c1-4-9-5-10(7-18)11(14(15,16)17)6-12(9)19-13(20)8(2)3/h5-6H,2,4H2,1,3H3,(H,19,20). The minimum Gasteiger partial charge on any atom is -0.322 e. The molecule has 0 saturated carbocycles. The molecular formula is C14H13F3N2O. The maximum Gasteiger partial charge on any atom is 0.417 e. The van der Waals surface area contributed by atoms with Gasteiger partial charge in [-0.25, -0.2) is 0 Å². The topological polar surface area (TPSA) is 52.9 Å². The first kappa shape index (κ1) is 15.8. The highest BCUT2D eigenvalue weighted by Crippen LogP contribution is 2.35. The van der Waals surface area contributed by atoms with Gasteiger partial charge in [0, 0.05) is 11.3 Å².